The van der Waals surface area contributed by atoms with E-state index in [0.29, 0.717) is 15.6 Å². The van der Waals surface area contributed by atoms with Gasteiger partial charge in [-0.3, -0.25) is 10.2 Å². The van der Waals surface area contributed by atoms with E-state index in [-0.39, 0.29) is 24.1 Å². The maximum Gasteiger partial charge on any atom is 0.416 e. The van der Waals surface area contributed by atoms with Crippen LogP contribution in [0.4, 0.5) is 18.9 Å². The molecule has 0 unspecified atom stereocenters. The summed E-state index contributed by atoms with van der Waals surface area (Å²) in [5, 5.41) is 11.1. The van der Waals surface area contributed by atoms with E-state index in [1.807, 2.05) is 0 Å². The van der Waals surface area contributed by atoms with Gasteiger partial charge < -0.3 is 5.32 Å². The smallest absolute Gasteiger partial charge is 0.380 e. The monoisotopic (exact) mass is 374 g/mol. The molecule has 0 heterocycles. The number of hydrogen-bond donors (Lipinski definition) is 2. The number of halogens is 5. The van der Waals surface area contributed by atoms with Crippen LogP contribution < -0.4 is 5.32 Å². The van der Waals surface area contributed by atoms with Crippen molar-refractivity contribution < 1.29 is 18.0 Å². The van der Waals surface area contributed by atoms with Crippen LogP contribution >= 0.6 is 23.2 Å². The lowest BCUT2D eigenvalue weighted by Gasteiger charge is -2.15. The number of hydrogen-bond acceptors (Lipinski definition) is 3. The molecule has 8 heteroatoms. The van der Waals surface area contributed by atoms with Crippen LogP contribution in [0.25, 0.3) is 0 Å². The van der Waals surface area contributed by atoms with Gasteiger partial charge in [0.1, 0.15) is 5.71 Å². The Hall–Kier alpha value is -2.05. The normalized spacial score (nSPS) is 11.2. The number of carbonyl (C=O) groups excluding carboxylic acids is 1. The average molecular weight is 375 g/mol. The molecule has 0 bridgehead atoms. The van der Waals surface area contributed by atoms with Crippen molar-refractivity contribution in [1.29, 1.82) is 5.41 Å². The molecule has 0 aliphatic heterocycles. The standard InChI is InChI=1S/C16H11Cl2F3N2O/c17-11-3-1-9(13(18)6-11)7-23-15-5-10(16(19,20)21)2-4-12(15)14(22)8-24/h1-6,8,22-23H,7H2. The van der Waals surface area contributed by atoms with Crippen LogP contribution in [0.5, 0.6) is 0 Å². The van der Waals surface area contributed by atoms with Crippen molar-refractivity contribution in [2.45, 2.75) is 12.7 Å². The molecule has 2 N–H and O–H groups in total. The number of nitrogens with one attached hydrogen (secondary N) is 2. The van der Waals surface area contributed by atoms with Gasteiger partial charge in [-0.1, -0.05) is 35.3 Å². The van der Waals surface area contributed by atoms with Gasteiger partial charge in [0.05, 0.1) is 5.56 Å². The zero-order valence-corrected chi connectivity index (χ0v) is 13.6. The fourth-order valence-corrected chi connectivity index (χ4v) is 2.50. The van der Waals surface area contributed by atoms with Crippen LogP contribution in [-0.4, -0.2) is 12.0 Å². The third kappa shape index (κ3) is 4.27. The Bertz CT molecular complexity index is 791. The van der Waals surface area contributed by atoms with Crippen LogP contribution in [0.1, 0.15) is 16.7 Å². The SMILES string of the molecule is N=C(C=O)c1ccc(C(F)(F)F)cc1NCc1ccc(Cl)cc1Cl. The third-order valence-corrected chi connectivity index (χ3v) is 3.83. The summed E-state index contributed by atoms with van der Waals surface area (Å²) in [6, 6.07) is 7.53. The van der Waals surface area contributed by atoms with E-state index < -0.39 is 17.5 Å². The number of rotatable bonds is 5. The van der Waals surface area contributed by atoms with Gasteiger partial charge in [0.25, 0.3) is 0 Å². The summed E-state index contributed by atoms with van der Waals surface area (Å²) in [6.07, 6.45) is -4.26. The highest BCUT2D eigenvalue weighted by Gasteiger charge is 2.31. The predicted octanol–water partition coefficient (Wildman–Crippen LogP) is 5.19. The van der Waals surface area contributed by atoms with Crippen molar-refractivity contribution in [2.24, 2.45) is 0 Å². The van der Waals surface area contributed by atoms with Gasteiger partial charge in [-0.05, 0) is 29.8 Å². The van der Waals surface area contributed by atoms with E-state index in [4.69, 9.17) is 28.6 Å². The van der Waals surface area contributed by atoms with Crippen molar-refractivity contribution in [2.75, 3.05) is 5.32 Å². The van der Waals surface area contributed by atoms with Crippen LogP contribution in [-0.2, 0) is 17.5 Å². The largest absolute Gasteiger partial charge is 0.416 e. The minimum absolute atomic E-state index is 0.0212. The van der Waals surface area contributed by atoms with E-state index in [9.17, 15) is 18.0 Å². The molecule has 0 spiro atoms. The number of aldehydes is 1. The van der Waals surface area contributed by atoms with Gasteiger partial charge in [0.2, 0.25) is 0 Å². The van der Waals surface area contributed by atoms with Gasteiger partial charge in [-0.2, -0.15) is 13.2 Å². The Morgan fingerprint density at radius 2 is 1.88 bits per heavy atom. The molecule has 0 aliphatic carbocycles. The fraction of sp³-hybridized carbons (Fsp3) is 0.125. The second-order valence-electron chi connectivity index (χ2n) is 4.88. The average Bonchev–Trinajstić information content (AvgIpc) is 2.52. The molecule has 0 aromatic heterocycles. The molecule has 3 nitrogen and oxygen atoms in total. The number of anilines is 1. The van der Waals surface area contributed by atoms with Crippen molar-refractivity contribution in [3.8, 4) is 0 Å². The lowest BCUT2D eigenvalue weighted by molar-refractivity contribution is -0.137. The lowest BCUT2D eigenvalue weighted by Crippen LogP contribution is -2.11. The Balaban J connectivity index is 2.35. The van der Waals surface area contributed by atoms with E-state index >= 15 is 0 Å². The molecular formula is C16H11Cl2F3N2O. The molecule has 0 radical (unpaired) electrons. The minimum Gasteiger partial charge on any atom is -0.380 e. The summed E-state index contributed by atoms with van der Waals surface area (Å²) in [5.74, 6) is 0. The first-order valence-corrected chi connectivity index (χ1v) is 7.41. The molecule has 0 amide bonds. The zero-order valence-electron chi connectivity index (χ0n) is 12.0. The molecule has 0 saturated heterocycles. The molecule has 0 aliphatic rings. The first-order chi connectivity index (χ1) is 11.2. The van der Waals surface area contributed by atoms with Gasteiger partial charge in [-0.25, -0.2) is 0 Å². The Morgan fingerprint density at radius 3 is 2.46 bits per heavy atom. The fourth-order valence-electron chi connectivity index (χ4n) is 2.02. The Labute approximate surface area is 145 Å². The van der Waals surface area contributed by atoms with Crippen LogP contribution in [0, 0.1) is 5.41 Å². The van der Waals surface area contributed by atoms with E-state index in [1.165, 1.54) is 6.07 Å². The quantitative estimate of drug-likeness (QED) is 0.558. The topological polar surface area (TPSA) is 53.0 Å². The summed E-state index contributed by atoms with van der Waals surface area (Å²) in [7, 11) is 0. The summed E-state index contributed by atoms with van der Waals surface area (Å²) in [5.41, 5.74) is -0.596. The van der Waals surface area contributed by atoms with Gasteiger partial charge in [0, 0.05) is 27.8 Å². The van der Waals surface area contributed by atoms with E-state index in [2.05, 4.69) is 5.32 Å². The molecule has 2 aromatic rings. The van der Waals surface area contributed by atoms with Crippen molar-refractivity contribution in [1.82, 2.24) is 0 Å². The lowest BCUT2D eigenvalue weighted by atomic mass is 10.0. The van der Waals surface area contributed by atoms with Crippen molar-refractivity contribution >= 4 is 40.9 Å². The minimum atomic E-state index is -4.53. The molecule has 0 saturated carbocycles. The molecule has 2 aromatic carbocycles. The maximum atomic E-state index is 12.9. The Kier molecular flexibility index (Phi) is 5.51. The van der Waals surface area contributed by atoms with Crippen LogP contribution in [0.2, 0.25) is 10.0 Å². The van der Waals surface area contributed by atoms with Gasteiger partial charge in [0.15, 0.2) is 6.29 Å². The van der Waals surface area contributed by atoms with Gasteiger partial charge >= 0.3 is 6.18 Å². The summed E-state index contributed by atoms with van der Waals surface area (Å²) < 4.78 is 38.6. The third-order valence-electron chi connectivity index (χ3n) is 3.24. The zero-order chi connectivity index (χ0) is 17.9. The van der Waals surface area contributed by atoms with E-state index in [0.717, 1.165) is 18.2 Å². The number of carbonyl (C=O) groups is 1. The Morgan fingerprint density at radius 1 is 1.17 bits per heavy atom. The highest BCUT2D eigenvalue weighted by Crippen LogP contribution is 2.32. The molecule has 0 atom stereocenters. The number of alkyl halides is 3. The molecular weight excluding hydrogens is 364 g/mol. The summed E-state index contributed by atoms with van der Waals surface area (Å²) in [4.78, 5) is 10.8. The maximum absolute atomic E-state index is 12.9. The summed E-state index contributed by atoms with van der Waals surface area (Å²) in [6.45, 7) is 0.108. The molecule has 2 rings (SSSR count). The predicted molar refractivity (Wildman–Crippen MR) is 88.1 cm³/mol. The summed E-state index contributed by atoms with van der Waals surface area (Å²) >= 11 is 11.8. The highest BCUT2D eigenvalue weighted by molar-refractivity contribution is 6.36. The van der Waals surface area contributed by atoms with Crippen molar-refractivity contribution in [3.05, 3.63) is 63.1 Å². The van der Waals surface area contributed by atoms with E-state index in [1.54, 1.807) is 12.1 Å². The second kappa shape index (κ2) is 7.23. The highest BCUT2D eigenvalue weighted by atomic mass is 35.5. The van der Waals surface area contributed by atoms with Crippen LogP contribution in [0.15, 0.2) is 36.4 Å². The first kappa shape index (κ1) is 18.3. The van der Waals surface area contributed by atoms with Crippen LogP contribution in [0.3, 0.4) is 0 Å². The molecule has 24 heavy (non-hydrogen) atoms. The molecule has 0 fully saturated rings. The second-order valence-corrected chi connectivity index (χ2v) is 5.72. The number of benzene rings is 2. The van der Waals surface area contributed by atoms with Crippen molar-refractivity contribution in [3.63, 3.8) is 0 Å². The molecule has 126 valence electrons. The van der Waals surface area contributed by atoms with Gasteiger partial charge in [-0.15, -0.1) is 0 Å². The first-order valence-electron chi connectivity index (χ1n) is 6.65.